The predicted molar refractivity (Wildman–Crippen MR) is 214 cm³/mol. The highest BCUT2D eigenvalue weighted by molar-refractivity contribution is 6.02. The fourth-order valence-electron chi connectivity index (χ4n) is 9.23. The second-order valence-corrected chi connectivity index (χ2v) is 16.1. The minimum Gasteiger partial charge on any atom is -0.379 e. The van der Waals surface area contributed by atoms with Crippen LogP contribution in [-0.2, 0) is 57.3 Å². The molecule has 3 aliphatic heterocycles. The molecule has 1 atom stereocenters. The Kier molecular flexibility index (Phi) is 10.1. The van der Waals surface area contributed by atoms with Gasteiger partial charge in [-0.25, -0.2) is 9.18 Å². The fraction of sp³-hybridized carbons (Fsp3) is 0.419. The van der Waals surface area contributed by atoms with Crippen LogP contribution in [0.15, 0.2) is 53.5 Å². The molecule has 1 unspecified atom stereocenters. The van der Waals surface area contributed by atoms with E-state index in [1.54, 1.807) is 19.2 Å². The van der Waals surface area contributed by atoms with Crippen molar-refractivity contribution in [3.05, 3.63) is 98.5 Å². The van der Waals surface area contributed by atoms with Crippen molar-refractivity contribution in [1.29, 1.82) is 0 Å². The number of nitrogens with one attached hydrogen (secondary N) is 4. The van der Waals surface area contributed by atoms with Crippen LogP contribution in [0.2, 0.25) is 0 Å². The van der Waals surface area contributed by atoms with Gasteiger partial charge in [0, 0.05) is 69.2 Å². The first kappa shape index (κ1) is 38.1. The summed E-state index contributed by atoms with van der Waals surface area (Å²) >= 11 is 0. The number of imidazole rings is 1. The van der Waals surface area contributed by atoms with Crippen LogP contribution < -0.4 is 21.6 Å². The summed E-state index contributed by atoms with van der Waals surface area (Å²) in [6, 6.07) is 12.2. The van der Waals surface area contributed by atoms with Crippen LogP contribution in [-0.4, -0.2) is 101 Å². The van der Waals surface area contributed by atoms with Crippen LogP contribution in [0.25, 0.3) is 33.5 Å². The first-order chi connectivity index (χ1) is 28.1. The predicted octanol–water partition coefficient (Wildman–Crippen LogP) is 2.90. The summed E-state index contributed by atoms with van der Waals surface area (Å²) in [4.78, 5) is 60.7. The molecule has 5 aromatic rings. The Morgan fingerprint density at radius 2 is 1.72 bits per heavy atom. The maximum Gasteiger partial charge on any atom is 0.329 e. The Hall–Kier alpha value is -5.48. The molecule has 4 N–H and O–H groups in total. The standard InChI is InChI=1S/C43H47FN8O6/c1-50-23-43(24-50)22-47-41(55)37-29-7-5-27-21-46-32(19-30(27)38(29)49-39(37)43)28-6-3-26(17-31(28)44)20-45-12-14-58-16-15-57-13-11-25-4-8-33-35(18-25)51(2)42(56)52(33)34-9-10-36(53)48-40(34)54/h3-4,6,8,17-19,21,34,45,49H,5,7,9-16,20,22-24H2,1-2H3,(H,47,55)(H,48,53,54). The Balaban J connectivity index is 0.727. The van der Waals surface area contributed by atoms with Crippen molar-refractivity contribution in [1.82, 2.24) is 40.0 Å². The summed E-state index contributed by atoms with van der Waals surface area (Å²) in [5.41, 5.74) is 9.71. The van der Waals surface area contributed by atoms with E-state index in [2.05, 4.69) is 37.9 Å². The van der Waals surface area contributed by atoms with Crippen LogP contribution in [0.1, 0.15) is 57.2 Å². The van der Waals surface area contributed by atoms with Gasteiger partial charge in [0.1, 0.15) is 11.9 Å². The SMILES string of the molecule is CN1CC2(CNC(=O)c3c2[nH]c2c3CCc3cnc(-c4ccc(CNCCOCCOCCc5ccc6c(c5)n(C)c(=O)n6C5CCC(=O)NC5=O)cc4F)cc3-2)C1. The number of likely N-dealkylation sites (N-methyl/N-ethyl adjacent to an activating group) is 1. The lowest BCUT2D eigenvalue weighted by atomic mass is 9.73. The molecular formula is C43H47FN8O6. The smallest absolute Gasteiger partial charge is 0.329 e. The third kappa shape index (κ3) is 6.85. The number of H-pyrrole nitrogens is 1. The number of piperidine rings is 1. The van der Waals surface area contributed by atoms with Crippen LogP contribution >= 0.6 is 0 Å². The van der Waals surface area contributed by atoms with E-state index in [9.17, 15) is 19.2 Å². The van der Waals surface area contributed by atoms with E-state index in [0.29, 0.717) is 75.7 Å². The van der Waals surface area contributed by atoms with E-state index in [1.165, 1.54) is 9.13 Å². The summed E-state index contributed by atoms with van der Waals surface area (Å²) in [7, 11) is 3.77. The van der Waals surface area contributed by atoms with Crippen molar-refractivity contribution in [2.24, 2.45) is 7.05 Å². The van der Waals surface area contributed by atoms with Gasteiger partial charge in [-0.3, -0.25) is 33.8 Å². The normalized spacial score (nSPS) is 18.5. The van der Waals surface area contributed by atoms with Gasteiger partial charge in [-0.15, -0.1) is 0 Å². The van der Waals surface area contributed by atoms with Crippen molar-refractivity contribution in [3.8, 4) is 22.5 Å². The lowest BCUT2D eigenvalue weighted by Crippen LogP contribution is -2.65. The van der Waals surface area contributed by atoms with Gasteiger partial charge in [0.25, 0.3) is 5.91 Å². The number of nitrogens with zero attached hydrogens (tertiary/aromatic N) is 4. The zero-order valence-corrected chi connectivity index (χ0v) is 32.7. The molecule has 1 aliphatic carbocycles. The molecule has 2 fully saturated rings. The molecule has 1 spiro atoms. The Morgan fingerprint density at radius 3 is 2.52 bits per heavy atom. The monoisotopic (exact) mass is 790 g/mol. The Morgan fingerprint density at radius 1 is 0.914 bits per heavy atom. The average molecular weight is 791 g/mol. The minimum atomic E-state index is -0.713. The average Bonchev–Trinajstić information content (AvgIpc) is 3.72. The van der Waals surface area contributed by atoms with Crippen LogP contribution in [0.5, 0.6) is 0 Å². The number of ether oxygens (including phenoxy) is 2. The summed E-state index contributed by atoms with van der Waals surface area (Å²) in [6.07, 6.45) is 4.52. The maximum absolute atomic E-state index is 15.6. The number of carbonyl (C=O) groups is 3. The van der Waals surface area contributed by atoms with Crippen LogP contribution in [0.4, 0.5) is 4.39 Å². The second kappa shape index (κ2) is 15.4. The largest absolute Gasteiger partial charge is 0.379 e. The van der Waals surface area contributed by atoms with Gasteiger partial charge in [0.15, 0.2) is 0 Å². The number of amides is 3. The number of hydrogen-bond acceptors (Lipinski definition) is 9. The minimum absolute atomic E-state index is 0.0144. The van der Waals surface area contributed by atoms with Gasteiger partial charge in [-0.2, -0.15) is 0 Å². The molecule has 0 bridgehead atoms. The maximum atomic E-state index is 15.6. The van der Waals surface area contributed by atoms with Crippen molar-refractivity contribution in [2.75, 3.05) is 59.7 Å². The van der Waals surface area contributed by atoms with Crippen molar-refractivity contribution >= 4 is 28.8 Å². The highest BCUT2D eigenvalue weighted by Gasteiger charge is 2.50. The molecule has 0 radical (unpaired) electrons. The first-order valence-corrected chi connectivity index (χ1v) is 20.0. The number of hydrogen-bond donors (Lipinski definition) is 4. The number of carbonyl (C=O) groups excluding carboxylic acids is 3. The topological polar surface area (TPSA) is 165 Å². The third-order valence-corrected chi connectivity index (χ3v) is 12.1. The third-order valence-electron chi connectivity index (χ3n) is 12.1. The Labute approximate surface area is 334 Å². The molecule has 0 saturated carbocycles. The van der Waals surface area contributed by atoms with Gasteiger partial charge in [0.2, 0.25) is 11.8 Å². The van der Waals surface area contributed by atoms with Gasteiger partial charge in [-0.1, -0.05) is 12.1 Å². The summed E-state index contributed by atoms with van der Waals surface area (Å²) in [5.74, 6) is -1.13. The quantitative estimate of drug-likeness (QED) is 0.104. The highest BCUT2D eigenvalue weighted by atomic mass is 19.1. The number of aromatic nitrogens is 4. The van der Waals surface area contributed by atoms with E-state index < -0.39 is 11.9 Å². The number of imide groups is 1. The van der Waals surface area contributed by atoms with Crippen molar-refractivity contribution in [3.63, 3.8) is 0 Å². The molecule has 4 aliphatic rings. The molecular weight excluding hydrogens is 744 g/mol. The van der Waals surface area contributed by atoms with Crippen molar-refractivity contribution < 1.29 is 28.2 Å². The Bertz CT molecular complexity index is 2520. The number of halogens is 1. The molecule has 2 aromatic carbocycles. The van der Waals surface area contributed by atoms with E-state index in [-0.39, 0.29) is 35.2 Å². The summed E-state index contributed by atoms with van der Waals surface area (Å²) < 4.78 is 30.1. The number of pyridine rings is 1. The fourth-order valence-corrected chi connectivity index (χ4v) is 9.23. The van der Waals surface area contributed by atoms with E-state index >= 15 is 4.39 Å². The molecule has 302 valence electrons. The highest BCUT2D eigenvalue weighted by Crippen LogP contribution is 2.45. The number of aromatic amines is 1. The zero-order valence-electron chi connectivity index (χ0n) is 32.7. The van der Waals surface area contributed by atoms with Gasteiger partial charge < -0.3 is 30.0 Å². The first-order valence-electron chi connectivity index (χ1n) is 20.0. The molecule has 58 heavy (non-hydrogen) atoms. The lowest BCUT2D eigenvalue weighted by molar-refractivity contribution is -0.135. The molecule has 6 heterocycles. The van der Waals surface area contributed by atoms with E-state index in [0.717, 1.165) is 76.2 Å². The van der Waals surface area contributed by atoms with Crippen molar-refractivity contribution in [2.45, 2.75) is 50.1 Å². The summed E-state index contributed by atoms with van der Waals surface area (Å²) in [5, 5.41) is 8.77. The molecule has 14 nitrogen and oxygen atoms in total. The number of fused-ring (bicyclic) bond motifs is 7. The molecule has 3 amide bonds. The van der Waals surface area contributed by atoms with Gasteiger partial charge in [0.05, 0.1) is 59.8 Å². The number of benzene rings is 2. The number of likely N-dealkylation sites (tertiary alicyclic amines) is 1. The molecule has 2 saturated heterocycles. The van der Waals surface area contributed by atoms with Crippen LogP contribution in [0.3, 0.4) is 0 Å². The van der Waals surface area contributed by atoms with Gasteiger partial charge in [-0.05, 0) is 85.3 Å². The lowest BCUT2D eigenvalue weighted by Gasteiger charge is -2.50. The molecule has 9 rings (SSSR count). The number of aryl methyl sites for hydroxylation is 2. The van der Waals surface area contributed by atoms with Crippen LogP contribution in [0, 0.1) is 5.82 Å². The summed E-state index contributed by atoms with van der Waals surface area (Å²) in [6.45, 7) is 5.30. The van der Waals surface area contributed by atoms with Gasteiger partial charge >= 0.3 is 5.69 Å². The second-order valence-electron chi connectivity index (χ2n) is 16.1. The van der Waals surface area contributed by atoms with E-state index in [1.807, 2.05) is 36.5 Å². The molecule has 3 aromatic heterocycles. The molecule has 15 heteroatoms. The zero-order chi connectivity index (χ0) is 40.1. The number of rotatable bonds is 13. The van der Waals surface area contributed by atoms with E-state index in [4.69, 9.17) is 9.47 Å².